The molecule has 0 aliphatic carbocycles. The van der Waals surface area contributed by atoms with Gasteiger partial charge in [0, 0.05) is 6.42 Å². The summed E-state index contributed by atoms with van der Waals surface area (Å²) < 4.78 is 23.5. The molecule has 0 aliphatic heterocycles. The van der Waals surface area contributed by atoms with Gasteiger partial charge in [0.25, 0.3) is 0 Å². The molecule has 0 aromatic carbocycles. The second-order valence-electron chi connectivity index (χ2n) is 15.4. The molecule has 0 saturated carbocycles. The molecule has 1 amide bonds. The molecular weight excluding hydrogens is 623 g/mol. The lowest BCUT2D eigenvalue weighted by atomic mass is 10.0. The number of phosphoric acid groups is 1. The number of rotatable bonds is 37. The van der Waals surface area contributed by atoms with Crippen LogP contribution in [-0.4, -0.2) is 73.4 Å². The number of hydrogen-bond donors (Lipinski definition) is 3. The van der Waals surface area contributed by atoms with Gasteiger partial charge in [0.1, 0.15) is 13.2 Å². The van der Waals surface area contributed by atoms with Crippen LogP contribution in [0.1, 0.15) is 194 Å². The van der Waals surface area contributed by atoms with Crippen LogP contribution in [0.5, 0.6) is 0 Å². The summed E-state index contributed by atoms with van der Waals surface area (Å²) in [4.78, 5) is 22.8. The van der Waals surface area contributed by atoms with Crippen LogP contribution < -0.4 is 5.32 Å². The molecule has 3 N–H and O–H groups in total. The van der Waals surface area contributed by atoms with Crippen LogP contribution in [0.15, 0.2) is 0 Å². The third kappa shape index (κ3) is 34.0. The van der Waals surface area contributed by atoms with Crippen molar-refractivity contribution < 1.29 is 32.9 Å². The number of nitrogens with one attached hydrogen (secondary N) is 1. The number of hydrogen-bond acceptors (Lipinski definition) is 5. The summed E-state index contributed by atoms with van der Waals surface area (Å²) in [6.45, 7) is 4.83. The van der Waals surface area contributed by atoms with E-state index < -0.39 is 20.0 Å². The van der Waals surface area contributed by atoms with Crippen LogP contribution in [0.2, 0.25) is 0 Å². The summed E-state index contributed by atoms with van der Waals surface area (Å²) in [6, 6.07) is -0.750. The minimum atomic E-state index is -4.29. The van der Waals surface area contributed by atoms with Crippen LogP contribution in [0.3, 0.4) is 0 Å². The Morgan fingerprint density at radius 1 is 0.625 bits per heavy atom. The van der Waals surface area contributed by atoms with Gasteiger partial charge in [-0.3, -0.25) is 13.8 Å². The molecule has 0 heterocycles. The third-order valence-electron chi connectivity index (χ3n) is 9.36. The van der Waals surface area contributed by atoms with E-state index in [0.29, 0.717) is 23.9 Å². The molecule has 8 nitrogen and oxygen atoms in total. The van der Waals surface area contributed by atoms with Crippen molar-refractivity contribution in [2.24, 2.45) is 0 Å². The van der Waals surface area contributed by atoms with Crippen LogP contribution in [0, 0.1) is 0 Å². The van der Waals surface area contributed by atoms with Crippen molar-refractivity contribution in [3.63, 3.8) is 0 Å². The fourth-order valence-corrected chi connectivity index (χ4v) is 6.78. The second-order valence-corrected chi connectivity index (χ2v) is 16.8. The monoisotopic (exact) mass is 706 g/mol. The predicted octanol–water partition coefficient (Wildman–Crippen LogP) is 10.6. The Morgan fingerprint density at radius 2 is 1.00 bits per heavy atom. The van der Waals surface area contributed by atoms with Crippen molar-refractivity contribution >= 4 is 13.7 Å². The minimum absolute atomic E-state index is 0.0777. The van der Waals surface area contributed by atoms with E-state index in [-0.39, 0.29) is 19.1 Å². The first kappa shape index (κ1) is 47.5. The van der Waals surface area contributed by atoms with Crippen molar-refractivity contribution in [2.45, 2.75) is 206 Å². The number of nitrogens with zero attached hydrogens (tertiary/aromatic N) is 1. The number of likely N-dealkylation sites (N-methyl/N-ethyl adjacent to an activating group) is 1. The topological polar surface area (TPSA) is 105 Å². The molecule has 0 saturated heterocycles. The van der Waals surface area contributed by atoms with Crippen molar-refractivity contribution in [1.82, 2.24) is 5.32 Å². The minimum Gasteiger partial charge on any atom is -0.391 e. The lowest BCUT2D eigenvalue weighted by Crippen LogP contribution is -2.46. The Kier molecular flexibility index (Phi) is 32.1. The lowest BCUT2D eigenvalue weighted by molar-refractivity contribution is -0.870. The largest absolute Gasteiger partial charge is 0.472 e. The Labute approximate surface area is 298 Å². The number of carbonyl (C=O) groups excluding carboxylic acids is 1. The van der Waals surface area contributed by atoms with Gasteiger partial charge in [-0.1, -0.05) is 174 Å². The average molecular weight is 706 g/mol. The van der Waals surface area contributed by atoms with Crippen molar-refractivity contribution in [3.8, 4) is 0 Å². The van der Waals surface area contributed by atoms with Crippen molar-refractivity contribution in [3.05, 3.63) is 0 Å². The summed E-state index contributed by atoms with van der Waals surface area (Å²) >= 11 is 0. The van der Waals surface area contributed by atoms with Crippen LogP contribution in [0.4, 0.5) is 0 Å². The number of amides is 1. The van der Waals surface area contributed by atoms with Gasteiger partial charge in [-0.15, -0.1) is 0 Å². The molecule has 0 aromatic heterocycles. The quantitative estimate of drug-likeness (QED) is 0.0338. The normalized spacial score (nSPS) is 14.6. The first-order chi connectivity index (χ1) is 23.0. The zero-order chi connectivity index (χ0) is 35.8. The fourth-order valence-electron chi connectivity index (χ4n) is 6.05. The van der Waals surface area contributed by atoms with Gasteiger partial charge in [0.2, 0.25) is 5.91 Å². The molecule has 0 bridgehead atoms. The highest BCUT2D eigenvalue weighted by Crippen LogP contribution is 2.43. The highest BCUT2D eigenvalue weighted by Gasteiger charge is 2.28. The molecule has 48 heavy (non-hydrogen) atoms. The summed E-state index contributed by atoms with van der Waals surface area (Å²) in [5.41, 5.74) is 0. The molecule has 288 valence electrons. The Bertz CT molecular complexity index is 763. The fraction of sp³-hybridized carbons (Fsp3) is 0.974. The van der Waals surface area contributed by atoms with E-state index in [4.69, 9.17) is 9.05 Å². The zero-order valence-electron chi connectivity index (χ0n) is 32.5. The number of aliphatic hydroxyl groups is 1. The molecule has 0 aromatic rings. The molecule has 3 unspecified atom stereocenters. The second kappa shape index (κ2) is 32.4. The number of carbonyl (C=O) groups is 1. The van der Waals surface area contributed by atoms with E-state index in [0.717, 1.165) is 38.5 Å². The first-order valence-electron chi connectivity index (χ1n) is 20.4. The van der Waals surface area contributed by atoms with Gasteiger partial charge in [-0.2, -0.15) is 0 Å². The van der Waals surface area contributed by atoms with E-state index in [1.807, 2.05) is 21.1 Å². The van der Waals surface area contributed by atoms with Gasteiger partial charge in [-0.05, 0) is 12.8 Å². The highest BCUT2D eigenvalue weighted by atomic mass is 31.2. The SMILES string of the molecule is CCCCCCCCCCCCCCCCCCCCCCC(O)C(COP(=O)(O)OCC[N+](C)(C)C)NC(=O)CCCCCCCC. The average Bonchev–Trinajstić information content (AvgIpc) is 3.02. The molecule has 0 spiro atoms. The lowest BCUT2D eigenvalue weighted by Gasteiger charge is -2.26. The molecule has 0 rings (SSSR count). The van der Waals surface area contributed by atoms with E-state index in [2.05, 4.69) is 19.2 Å². The Hall–Kier alpha value is -0.500. The standard InChI is InChI=1S/C39H81N2O6P/c1-6-8-10-12-14-15-16-17-18-19-20-21-22-23-24-25-26-27-28-30-32-38(42)37(40-39(43)33-31-29-13-11-9-7-2)36-47-48(44,45)46-35-34-41(3,4)5/h37-38,42H,6-36H2,1-5H3,(H-,40,43,44,45)/p+1. The van der Waals surface area contributed by atoms with Gasteiger partial charge in [0.05, 0.1) is 39.9 Å². The van der Waals surface area contributed by atoms with E-state index in [9.17, 15) is 19.4 Å². The summed E-state index contributed by atoms with van der Waals surface area (Å²) in [7, 11) is 1.62. The van der Waals surface area contributed by atoms with Gasteiger partial charge < -0.3 is 19.8 Å². The summed E-state index contributed by atoms with van der Waals surface area (Å²) in [5, 5.41) is 13.8. The molecule has 0 radical (unpaired) electrons. The maximum absolute atomic E-state index is 12.7. The van der Waals surface area contributed by atoms with Gasteiger partial charge in [-0.25, -0.2) is 4.57 Å². The van der Waals surface area contributed by atoms with E-state index in [1.165, 1.54) is 128 Å². The smallest absolute Gasteiger partial charge is 0.391 e. The number of aliphatic hydroxyl groups excluding tert-OH is 1. The number of phosphoric ester groups is 1. The maximum Gasteiger partial charge on any atom is 0.472 e. The third-order valence-corrected chi connectivity index (χ3v) is 10.3. The highest BCUT2D eigenvalue weighted by molar-refractivity contribution is 7.47. The number of unbranched alkanes of at least 4 members (excludes halogenated alkanes) is 24. The molecule has 9 heteroatoms. The number of quaternary nitrogens is 1. The zero-order valence-corrected chi connectivity index (χ0v) is 33.4. The van der Waals surface area contributed by atoms with Crippen LogP contribution in [-0.2, 0) is 18.4 Å². The molecule has 0 fully saturated rings. The van der Waals surface area contributed by atoms with E-state index >= 15 is 0 Å². The van der Waals surface area contributed by atoms with Gasteiger partial charge in [0.15, 0.2) is 0 Å². The Morgan fingerprint density at radius 3 is 1.40 bits per heavy atom. The summed E-state index contributed by atoms with van der Waals surface area (Å²) in [5.74, 6) is -0.152. The van der Waals surface area contributed by atoms with E-state index in [1.54, 1.807) is 0 Å². The van der Waals surface area contributed by atoms with Crippen LogP contribution >= 0.6 is 7.82 Å². The van der Waals surface area contributed by atoms with Crippen LogP contribution in [0.25, 0.3) is 0 Å². The molecule has 0 aliphatic rings. The summed E-state index contributed by atoms with van der Waals surface area (Å²) in [6.07, 6.45) is 33.0. The predicted molar refractivity (Wildman–Crippen MR) is 203 cm³/mol. The molecule has 3 atom stereocenters. The van der Waals surface area contributed by atoms with Crippen molar-refractivity contribution in [2.75, 3.05) is 40.9 Å². The van der Waals surface area contributed by atoms with Gasteiger partial charge >= 0.3 is 7.82 Å². The van der Waals surface area contributed by atoms with Crippen molar-refractivity contribution in [1.29, 1.82) is 0 Å². The molecular formula is C39H82N2O6P+. The first-order valence-corrected chi connectivity index (χ1v) is 21.9. The Balaban J connectivity index is 4.17. The maximum atomic E-state index is 12.7.